The normalized spacial score (nSPS) is 40.1. The second-order valence-corrected chi connectivity index (χ2v) is 3.79. The molecule has 0 radical (unpaired) electrons. The van der Waals surface area contributed by atoms with Crippen LogP contribution in [0.3, 0.4) is 0 Å². The average Bonchev–Trinajstić information content (AvgIpc) is 2.16. The number of likely N-dealkylation sites (tertiary alicyclic amines) is 1. The summed E-state index contributed by atoms with van der Waals surface area (Å²) in [5.74, 6) is 0. The van der Waals surface area contributed by atoms with Gasteiger partial charge in [0, 0.05) is 6.54 Å². The van der Waals surface area contributed by atoms with Crippen molar-refractivity contribution >= 4 is 0 Å². The van der Waals surface area contributed by atoms with E-state index in [2.05, 4.69) is 0 Å². The first kappa shape index (κ1) is 11.9. The summed E-state index contributed by atoms with van der Waals surface area (Å²) in [5.41, 5.74) is 0. The molecule has 1 fully saturated rings. The van der Waals surface area contributed by atoms with Crippen LogP contribution in [0.25, 0.3) is 0 Å². The maximum atomic E-state index is 9.59. The molecule has 1 heterocycles. The largest absolute Gasteiger partial charge is 0.395 e. The smallest absolute Gasteiger partial charge is 0.109 e. The highest BCUT2D eigenvalue weighted by Gasteiger charge is 2.40. The van der Waals surface area contributed by atoms with Gasteiger partial charge in [-0.1, -0.05) is 6.92 Å². The molecule has 1 aliphatic heterocycles. The van der Waals surface area contributed by atoms with Crippen LogP contribution in [0.15, 0.2) is 0 Å². The van der Waals surface area contributed by atoms with Crippen molar-refractivity contribution in [3.05, 3.63) is 0 Å². The predicted octanol–water partition coefficient (Wildman–Crippen LogP) is -1.84. The van der Waals surface area contributed by atoms with Gasteiger partial charge in [0.05, 0.1) is 18.8 Å². The first-order valence-electron chi connectivity index (χ1n) is 5.01. The van der Waals surface area contributed by atoms with Gasteiger partial charge in [0.25, 0.3) is 0 Å². The van der Waals surface area contributed by atoms with Crippen molar-refractivity contribution < 1.29 is 20.4 Å². The van der Waals surface area contributed by atoms with Gasteiger partial charge in [-0.2, -0.15) is 0 Å². The Labute approximate surface area is 83.6 Å². The Morgan fingerprint density at radius 1 is 1.21 bits per heavy atom. The number of hydrogen-bond acceptors (Lipinski definition) is 5. The van der Waals surface area contributed by atoms with E-state index in [1.54, 1.807) is 0 Å². The van der Waals surface area contributed by atoms with Crippen LogP contribution >= 0.6 is 0 Å². The number of hydrogen-bond donors (Lipinski definition) is 4. The van der Waals surface area contributed by atoms with Crippen molar-refractivity contribution in [1.82, 2.24) is 4.90 Å². The maximum absolute atomic E-state index is 9.59. The van der Waals surface area contributed by atoms with Crippen LogP contribution in [0.1, 0.15) is 13.3 Å². The van der Waals surface area contributed by atoms with Gasteiger partial charge in [-0.25, -0.2) is 0 Å². The van der Waals surface area contributed by atoms with E-state index >= 15 is 0 Å². The van der Waals surface area contributed by atoms with E-state index in [0.29, 0.717) is 13.1 Å². The number of rotatable bonds is 3. The van der Waals surface area contributed by atoms with Gasteiger partial charge in [-0.15, -0.1) is 0 Å². The lowest BCUT2D eigenvalue weighted by Crippen LogP contribution is -2.62. The van der Waals surface area contributed by atoms with E-state index in [-0.39, 0.29) is 6.61 Å². The Morgan fingerprint density at radius 3 is 2.36 bits per heavy atom. The van der Waals surface area contributed by atoms with Gasteiger partial charge in [-0.3, -0.25) is 4.90 Å². The Morgan fingerprint density at radius 2 is 1.86 bits per heavy atom. The minimum Gasteiger partial charge on any atom is -0.395 e. The topological polar surface area (TPSA) is 84.2 Å². The Hall–Kier alpha value is -0.200. The van der Waals surface area contributed by atoms with Crippen LogP contribution in [0.5, 0.6) is 0 Å². The molecule has 1 rings (SSSR count). The van der Waals surface area contributed by atoms with Gasteiger partial charge in [0.2, 0.25) is 0 Å². The van der Waals surface area contributed by atoms with Crippen LogP contribution < -0.4 is 0 Å². The lowest BCUT2D eigenvalue weighted by Gasteiger charge is -2.43. The first-order chi connectivity index (χ1) is 6.61. The fraction of sp³-hybridized carbons (Fsp3) is 1.00. The molecular weight excluding hydrogens is 186 g/mol. The molecule has 84 valence electrons. The standard InChI is InChI=1S/C9H19NO4/c1-2-3-10-4-7(12)9(14)8(13)6(10)5-11/h6-9,11-14H,2-5H2,1H3/t6-,7+,8-,9-/m0/s1. The zero-order chi connectivity index (χ0) is 10.7. The molecule has 0 bridgehead atoms. The molecule has 0 spiro atoms. The van der Waals surface area contributed by atoms with Crippen molar-refractivity contribution in [2.75, 3.05) is 19.7 Å². The second-order valence-electron chi connectivity index (χ2n) is 3.79. The van der Waals surface area contributed by atoms with Gasteiger partial charge in [0.15, 0.2) is 0 Å². The summed E-state index contributed by atoms with van der Waals surface area (Å²) in [4.78, 5) is 1.81. The lowest BCUT2D eigenvalue weighted by molar-refractivity contribution is -0.144. The summed E-state index contributed by atoms with van der Waals surface area (Å²) in [6, 6.07) is -0.464. The Bertz CT molecular complexity index is 178. The Balaban J connectivity index is 2.66. The zero-order valence-electron chi connectivity index (χ0n) is 8.37. The number of β-amino-alcohol motifs (C(OH)–C–C–N with tert-alkyl or cyclic N) is 1. The number of aliphatic hydroxyl groups is 4. The molecular formula is C9H19NO4. The number of piperidine rings is 1. The highest BCUT2D eigenvalue weighted by molar-refractivity contribution is 4.93. The number of nitrogens with zero attached hydrogens (tertiary/aromatic N) is 1. The third kappa shape index (κ3) is 2.24. The summed E-state index contributed by atoms with van der Waals surface area (Å²) in [7, 11) is 0. The third-order valence-corrected chi connectivity index (χ3v) is 2.73. The summed E-state index contributed by atoms with van der Waals surface area (Å²) < 4.78 is 0. The van der Waals surface area contributed by atoms with Crippen molar-refractivity contribution in [2.24, 2.45) is 0 Å². The predicted molar refractivity (Wildman–Crippen MR) is 50.8 cm³/mol. The molecule has 1 aliphatic rings. The molecule has 0 aromatic heterocycles. The van der Waals surface area contributed by atoms with Crippen molar-refractivity contribution in [3.63, 3.8) is 0 Å². The summed E-state index contributed by atoms with van der Waals surface area (Å²) >= 11 is 0. The van der Waals surface area contributed by atoms with Gasteiger partial charge >= 0.3 is 0 Å². The van der Waals surface area contributed by atoms with Gasteiger partial charge < -0.3 is 20.4 Å². The van der Waals surface area contributed by atoms with Crippen molar-refractivity contribution in [3.8, 4) is 0 Å². The molecule has 0 unspecified atom stereocenters. The van der Waals surface area contributed by atoms with Crippen LogP contribution in [0.4, 0.5) is 0 Å². The fourth-order valence-electron chi connectivity index (χ4n) is 1.92. The third-order valence-electron chi connectivity index (χ3n) is 2.73. The molecule has 0 saturated carbocycles. The minimum atomic E-state index is -1.15. The quantitative estimate of drug-likeness (QED) is 0.435. The summed E-state index contributed by atoms with van der Waals surface area (Å²) in [6.07, 6.45) is -2.28. The molecule has 5 nitrogen and oxygen atoms in total. The van der Waals surface area contributed by atoms with Crippen LogP contribution in [0.2, 0.25) is 0 Å². The maximum Gasteiger partial charge on any atom is 0.109 e. The van der Waals surface area contributed by atoms with Crippen LogP contribution in [-0.2, 0) is 0 Å². The van der Waals surface area contributed by atoms with E-state index in [1.807, 2.05) is 11.8 Å². The van der Waals surface area contributed by atoms with Crippen LogP contribution in [0, 0.1) is 0 Å². The molecule has 5 heteroatoms. The highest BCUT2D eigenvalue weighted by atomic mass is 16.4. The van der Waals surface area contributed by atoms with E-state index in [1.165, 1.54) is 0 Å². The summed E-state index contributed by atoms with van der Waals surface area (Å²) in [5, 5.41) is 37.5. The molecule has 4 atom stereocenters. The fourth-order valence-corrected chi connectivity index (χ4v) is 1.92. The zero-order valence-corrected chi connectivity index (χ0v) is 8.37. The lowest BCUT2D eigenvalue weighted by atomic mass is 9.94. The number of aliphatic hydroxyl groups excluding tert-OH is 4. The van der Waals surface area contributed by atoms with Crippen molar-refractivity contribution in [2.45, 2.75) is 37.7 Å². The molecule has 0 aromatic rings. The summed E-state index contributed by atoms with van der Waals surface area (Å²) in [6.45, 7) is 2.78. The molecule has 0 aliphatic carbocycles. The highest BCUT2D eigenvalue weighted by Crippen LogP contribution is 2.18. The van der Waals surface area contributed by atoms with Gasteiger partial charge in [0.1, 0.15) is 12.2 Å². The van der Waals surface area contributed by atoms with E-state index < -0.39 is 24.4 Å². The molecule has 1 saturated heterocycles. The monoisotopic (exact) mass is 205 g/mol. The van der Waals surface area contributed by atoms with Crippen LogP contribution in [-0.4, -0.2) is 69.4 Å². The van der Waals surface area contributed by atoms with Crippen molar-refractivity contribution in [1.29, 1.82) is 0 Å². The van der Waals surface area contributed by atoms with E-state index in [9.17, 15) is 15.3 Å². The SMILES string of the molecule is CCCN1C[C@@H](O)[C@H](O)[C@@H](O)[C@@H]1CO. The Kier molecular flexibility index (Phi) is 4.28. The molecule has 0 aromatic carbocycles. The van der Waals surface area contributed by atoms with E-state index in [0.717, 1.165) is 6.42 Å². The minimum absolute atomic E-state index is 0.203. The average molecular weight is 205 g/mol. The molecule has 14 heavy (non-hydrogen) atoms. The van der Waals surface area contributed by atoms with Gasteiger partial charge in [-0.05, 0) is 13.0 Å². The molecule has 0 amide bonds. The second kappa shape index (κ2) is 5.04. The van der Waals surface area contributed by atoms with E-state index in [4.69, 9.17) is 5.11 Å². The first-order valence-corrected chi connectivity index (χ1v) is 5.01. The molecule has 4 N–H and O–H groups in total.